The van der Waals surface area contributed by atoms with Gasteiger partial charge in [-0.3, -0.25) is 0 Å². The van der Waals surface area contributed by atoms with Gasteiger partial charge in [0.05, 0.1) is 0 Å². The Hall–Kier alpha value is -0.749. The Balaban J connectivity index is 4.93. The number of carboxylic acid groups (broad SMARTS) is 1. The SMILES string of the molecule is CCC(CC[Si](C)(O[Si](C)(C)C)O[Si](C)(C)C)OC(=O)C=CC(=O)O. The van der Waals surface area contributed by atoms with Crippen molar-refractivity contribution in [3.8, 4) is 0 Å². The first kappa shape index (κ1) is 24.3. The van der Waals surface area contributed by atoms with Crippen LogP contribution in [0.5, 0.6) is 0 Å². The molecule has 0 heterocycles. The Morgan fingerprint density at radius 3 is 1.80 bits per heavy atom. The molecular formula is C16H34O6Si3. The fourth-order valence-electron chi connectivity index (χ4n) is 2.53. The summed E-state index contributed by atoms with van der Waals surface area (Å²) in [5.74, 6) is -1.80. The van der Waals surface area contributed by atoms with E-state index in [0.29, 0.717) is 12.8 Å². The van der Waals surface area contributed by atoms with Gasteiger partial charge < -0.3 is 18.1 Å². The molecule has 0 bridgehead atoms. The number of ether oxygens (including phenoxy) is 1. The molecule has 0 fully saturated rings. The van der Waals surface area contributed by atoms with E-state index in [9.17, 15) is 9.59 Å². The van der Waals surface area contributed by atoms with E-state index in [-0.39, 0.29) is 6.10 Å². The lowest BCUT2D eigenvalue weighted by Gasteiger charge is -2.39. The Bertz CT molecular complexity index is 463. The Kier molecular flexibility index (Phi) is 9.52. The van der Waals surface area contributed by atoms with Crippen LogP contribution in [0.2, 0.25) is 51.9 Å². The molecule has 0 aromatic rings. The minimum Gasteiger partial charge on any atom is -0.478 e. The first-order valence-corrected chi connectivity index (χ1v) is 18.0. The zero-order chi connectivity index (χ0) is 19.9. The van der Waals surface area contributed by atoms with Crippen LogP contribution < -0.4 is 0 Å². The highest BCUT2D eigenvalue weighted by Gasteiger charge is 2.40. The monoisotopic (exact) mass is 406 g/mol. The van der Waals surface area contributed by atoms with Crippen LogP contribution >= 0.6 is 0 Å². The number of carbonyl (C=O) groups is 2. The predicted molar refractivity (Wildman–Crippen MR) is 107 cm³/mol. The summed E-state index contributed by atoms with van der Waals surface area (Å²) in [6.07, 6.45) is 2.78. The quantitative estimate of drug-likeness (QED) is 0.316. The molecule has 0 aromatic heterocycles. The smallest absolute Gasteiger partial charge is 0.331 e. The second-order valence-corrected chi connectivity index (χ2v) is 21.1. The van der Waals surface area contributed by atoms with E-state index in [1.807, 2.05) is 6.92 Å². The highest BCUT2D eigenvalue weighted by atomic mass is 28.5. The average Bonchev–Trinajstić information content (AvgIpc) is 2.36. The fraction of sp³-hybridized carbons (Fsp3) is 0.750. The standard InChI is InChI=1S/C16H34O6Si3/c1-9-14(20-16(19)11-10-15(17)18)12-13-25(8,21-23(2,3)4)22-24(5,6)7/h10-11,14H,9,12-13H2,1-8H3,(H,17,18). The Labute approximate surface area is 155 Å². The van der Waals surface area contributed by atoms with Crippen LogP contribution in [0.1, 0.15) is 19.8 Å². The molecule has 0 aliphatic carbocycles. The van der Waals surface area contributed by atoms with Crippen LogP contribution in [-0.2, 0) is 22.6 Å². The first-order valence-electron chi connectivity index (χ1n) is 8.68. The molecule has 0 radical (unpaired) electrons. The van der Waals surface area contributed by atoms with Crippen molar-refractivity contribution in [2.24, 2.45) is 0 Å². The molecule has 0 saturated heterocycles. The first-order chi connectivity index (χ1) is 11.2. The Morgan fingerprint density at radius 2 is 1.44 bits per heavy atom. The van der Waals surface area contributed by atoms with E-state index in [4.69, 9.17) is 18.1 Å². The molecule has 6 nitrogen and oxygen atoms in total. The zero-order valence-corrected chi connectivity index (χ0v) is 19.8. The maximum Gasteiger partial charge on any atom is 0.331 e. The fourth-order valence-corrected chi connectivity index (χ4v) is 15.1. The molecule has 146 valence electrons. The van der Waals surface area contributed by atoms with Gasteiger partial charge in [0.15, 0.2) is 16.6 Å². The summed E-state index contributed by atoms with van der Waals surface area (Å²) < 4.78 is 18.2. The van der Waals surface area contributed by atoms with E-state index in [1.165, 1.54) is 0 Å². The second-order valence-electron chi connectivity index (χ2n) is 8.24. The summed E-state index contributed by atoms with van der Waals surface area (Å²) in [5.41, 5.74) is 0. The number of rotatable bonds is 11. The van der Waals surface area contributed by atoms with Crippen molar-refractivity contribution in [3.63, 3.8) is 0 Å². The molecule has 0 spiro atoms. The normalized spacial score (nSPS) is 14.6. The maximum absolute atomic E-state index is 11.7. The highest BCUT2D eigenvalue weighted by Crippen LogP contribution is 2.27. The highest BCUT2D eigenvalue weighted by molar-refractivity contribution is 6.87. The maximum atomic E-state index is 11.7. The van der Waals surface area contributed by atoms with Crippen LogP contribution in [0.4, 0.5) is 0 Å². The second kappa shape index (κ2) is 9.81. The minimum atomic E-state index is -2.37. The molecular weight excluding hydrogens is 372 g/mol. The molecule has 0 aliphatic rings. The van der Waals surface area contributed by atoms with Crippen LogP contribution in [-0.4, -0.2) is 48.3 Å². The van der Waals surface area contributed by atoms with E-state index >= 15 is 0 Å². The lowest BCUT2D eigenvalue weighted by Crippen LogP contribution is -2.52. The molecule has 0 aromatic carbocycles. The summed E-state index contributed by atoms with van der Waals surface area (Å²) in [6.45, 7) is 17.0. The van der Waals surface area contributed by atoms with Crippen molar-refractivity contribution >= 4 is 37.1 Å². The van der Waals surface area contributed by atoms with Crippen molar-refractivity contribution in [1.29, 1.82) is 0 Å². The van der Waals surface area contributed by atoms with Crippen LogP contribution in [0, 0.1) is 0 Å². The third-order valence-corrected chi connectivity index (χ3v) is 12.6. The van der Waals surface area contributed by atoms with Gasteiger partial charge in [0.1, 0.15) is 6.10 Å². The molecule has 0 rings (SSSR count). The van der Waals surface area contributed by atoms with Crippen molar-refractivity contribution in [3.05, 3.63) is 12.2 Å². The molecule has 1 unspecified atom stereocenters. The van der Waals surface area contributed by atoms with Gasteiger partial charge in [0, 0.05) is 12.2 Å². The molecule has 9 heteroatoms. The van der Waals surface area contributed by atoms with Gasteiger partial charge in [-0.1, -0.05) is 6.92 Å². The van der Waals surface area contributed by atoms with E-state index < -0.39 is 37.1 Å². The summed E-state index contributed by atoms with van der Waals surface area (Å²) in [4.78, 5) is 22.2. The van der Waals surface area contributed by atoms with E-state index in [1.54, 1.807) is 0 Å². The summed E-state index contributed by atoms with van der Waals surface area (Å²) in [6, 6.07) is 0.746. The van der Waals surface area contributed by atoms with Gasteiger partial charge in [0.25, 0.3) is 0 Å². The molecule has 0 amide bonds. The molecule has 25 heavy (non-hydrogen) atoms. The van der Waals surface area contributed by atoms with E-state index in [2.05, 4.69) is 45.8 Å². The number of carboxylic acids is 1. The van der Waals surface area contributed by atoms with Crippen LogP contribution in [0.3, 0.4) is 0 Å². The summed E-state index contributed by atoms with van der Waals surface area (Å²) in [7, 11) is -5.88. The third-order valence-electron chi connectivity index (χ3n) is 3.06. The molecule has 0 aliphatic heterocycles. The molecule has 1 atom stereocenters. The lowest BCUT2D eigenvalue weighted by atomic mass is 10.2. The summed E-state index contributed by atoms with van der Waals surface area (Å²) >= 11 is 0. The number of aliphatic carboxylic acids is 1. The number of carbonyl (C=O) groups excluding carboxylic acids is 1. The lowest BCUT2D eigenvalue weighted by molar-refractivity contribution is -0.143. The Morgan fingerprint density at radius 1 is 0.960 bits per heavy atom. The average molecular weight is 407 g/mol. The van der Waals surface area contributed by atoms with Crippen LogP contribution in [0.25, 0.3) is 0 Å². The van der Waals surface area contributed by atoms with Crippen LogP contribution in [0.15, 0.2) is 12.2 Å². The van der Waals surface area contributed by atoms with Gasteiger partial charge in [-0.05, 0) is 64.7 Å². The zero-order valence-electron chi connectivity index (χ0n) is 16.8. The minimum absolute atomic E-state index is 0.270. The number of esters is 1. The number of hydrogen-bond donors (Lipinski definition) is 1. The third kappa shape index (κ3) is 13.2. The number of hydrogen-bond acceptors (Lipinski definition) is 5. The molecule has 0 saturated carbocycles. The molecule has 1 N–H and O–H groups in total. The van der Waals surface area contributed by atoms with Gasteiger partial charge in [-0.15, -0.1) is 0 Å². The predicted octanol–water partition coefficient (Wildman–Crippen LogP) is 4.11. The topological polar surface area (TPSA) is 82.1 Å². The van der Waals surface area contributed by atoms with E-state index in [0.717, 1.165) is 18.2 Å². The van der Waals surface area contributed by atoms with Gasteiger partial charge in [-0.2, -0.15) is 0 Å². The largest absolute Gasteiger partial charge is 0.478 e. The van der Waals surface area contributed by atoms with Crippen molar-refractivity contribution in [1.82, 2.24) is 0 Å². The summed E-state index contributed by atoms with van der Waals surface area (Å²) in [5, 5.41) is 8.57. The van der Waals surface area contributed by atoms with Gasteiger partial charge in [-0.25, -0.2) is 9.59 Å². The van der Waals surface area contributed by atoms with Crippen molar-refractivity contribution in [2.45, 2.75) is 77.7 Å². The van der Waals surface area contributed by atoms with Gasteiger partial charge >= 0.3 is 20.5 Å². The van der Waals surface area contributed by atoms with Crippen molar-refractivity contribution < 1.29 is 27.7 Å². The van der Waals surface area contributed by atoms with Gasteiger partial charge in [0.2, 0.25) is 0 Å². The van der Waals surface area contributed by atoms with Crippen molar-refractivity contribution in [2.75, 3.05) is 0 Å².